The minimum absolute atomic E-state index is 0.00224. The molecule has 4 rings (SSSR count). The summed E-state index contributed by atoms with van der Waals surface area (Å²) in [5.74, 6) is -0.445. The lowest BCUT2D eigenvalue weighted by atomic mass is 10.1. The Morgan fingerprint density at radius 3 is 2.37 bits per heavy atom. The Morgan fingerprint density at radius 1 is 1.00 bits per heavy atom. The second kappa shape index (κ2) is 8.73. The van der Waals surface area contributed by atoms with Crippen LogP contribution in [-0.4, -0.2) is 11.8 Å². The van der Waals surface area contributed by atoms with Crippen LogP contribution >= 0.6 is 27.5 Å². The van der Waals surface area contributed by atoms with Crippen molar-refractivity contribution in [3.63, 3.8) is 0 Å². The Hall–Kier alpha value is -3.09. The molecule has 30 heavy (non-hydrogen) atoms. The highest BCUT2D eigenvalue weighted by molar-refractivity contribution is 9.10. The van der Waals surface area contributed by atoms with Gasteiger partial charge in [-0.05, 0) is 51.8 Å². The van der Waals surface area contributed by atoms with E-state index in [9.17, 15) is 9.59 Å². The van der Waals surface area contributed by atoms with Crippen LogP contribution in [-0.2, 0) is 16.2 Å². The topological polar surface area (TPSA) is 58.6 Å². The smallest absolute Gasteiger partial charge is 0.282 e. The molecular weight excluding hydrogens is 468 g/mol. The van der Waals surface area contributed by atoms with Crippen LogP contribution in [0.4, 0.5) is 5.69 Å². The van der Waals surface area contributed by atoms with Gasteiger partial charge in [0, 0.05) is 10.6 Å². The lowest BCUT2D eigenvalue weighted by molar-refractivity contribution is -0.117. The molecule has 3 aromatic carbocycles. The van der Waals surface area contributed by atoms with Crippen LogP contribution in [0.25, 0.3) is 6.08 Å². The van der Waals surface area contributed by atoms with Gasteiger partial charge in [0.1, 0.15) is 17.9 Å². The molecule has 7 heteroatoms. The molecule has 0 radical (unpaired) electrons. The van der Waals surface area contributed by atoms with Crippen molar-refractivity contribution in [3.05, 3.63) is 99.0 Å². The Balaban J connectivity index is 1.67. The maximum Gasteiger partial charge on any atom is 0.282 e. The Labute approximate surface area is 187 Å². The van der Waals surface area contributed by atoms with Gasteiger partial charge in [0.2, 0.25) is 0 Å². The average molecular weight is 484 g/mol. The molecule has 150 valence electrons. The highest BCUT2D eigenvalue weighted by Crippen LogP contribution is 2.35. The van der Waals surface area contributed by atoms with Crippen LogP contribution in [0.15, 0.2) is 82.8 Å². The van der Waals surface area contributed by atoms with Crippen molar-refractivity contribution < 1.29 is 14.3 Å². The van der Waals surface area contributed by atoms with Gasteiger partial charge in [0.25, 0.3) is 11.8 Å². The van der Waals surface area contributed by atoms with Gasteiger partial charge >= 0.3 is 0 Å². The van der Waals surface area contributed by atoms with Crippen molar-refractivity contribution in [1.29, 1.82) is 0 Å². The van der Waals surface area contributed by atoms with Crippen molar-refractivity contribution in [2.45, 2.75) is 6.61 Å². The molecule has 1 heterocycles. The first-order chi connectivity index (χ1) is 14.5. The summed E-state index contributed by atoms with van der Waals surface area (Å²) in [7, 11) is 0. The van der Waals surface area contributed by atoms with Crippen LogP contribution < -0.4 is 15.2 Å². The second-order valence-electron chi connectivity index (χ2n) is 6.56. The molecule has 0 aliphatic carbocycles. The third kappa shape index (κ3) is 4.25. The zero-order valence-corrected chi connectivity index (χ0v) is 18.0. The van der Waals surface area contributed by atoms with E-state index in [1.807, 2.05) is 36.4 Å². The maximum absolute atomic E-state index is 12.9. The Morgan fingerprint density at radius 2 is 1.67 bits per heavy atom. The number of nitrogens with one attached hydrogen (secondary N) is 1. The van der Waals surface area contributed by atoms with Crippen LogP contribution in [0.5, 0.6) is 5.75 Å². The van der Waals surface area contributed by atoms with E-state index < -0.39 is 11.8 Å². The van der Waals surface area contributed by atoms with Gasteiger partial charge in [-0.3, -0.25) is 15.0 Å². The van der Waals surface area contributed by atoms with Gasteiger partial charge in [-0.1, -0.05) is 60.1 Å². The van der Waals surface area contributed by atoms with E-state index in [4.69, 9.17) is 16.3 Å². The van der Waals surface area contributed by atoms with Crippen molar-refractivity contribution >= 4 is 51.1 Å². The predicted molar refractivity (Wildman–Crippen MR) is 120 cm³/mol. The molecule has 1 aliphatic rings. The summed E-state index contributed by atoms with van der Waals surface area (Å²) in [5.41, 5.74) is 4.68. The fraction of sp³-hybridized carbons (Fsp3) is 0.0435. The molecular formula is C23H16BrClN2O3. The highest BCUT2D eigenvalue weighted by Gasteiger charge is 2.34. The minimum Gasteiger partial charge on any atom is -0.487 e. The van der Waals surface area contributed by atoms with Gasteiger partial charge < -0.3 is 4.74 Å². The van der Waals surface area contributed by atoms with Crippen LogP contribution in [0.2, 0.25) is 5.02 Å². The van der Waals surface area contributed by atoms with E-state index >= 15 is 0 Å². The van der Waals surface area contributed by atoms with E-state index in [1.54, 1.807) is 36.4 Å². The standard InChI is InChI=1S/C23H16BrClN2O3/c24-20-13-17(25)11-16(21(20)30-14-15-7-3-1-4-8-15)12-19-22(28)26-27(23(19)29)18-9-5-2-6-10-18/h1-13H,14H2,(H,26,28)/b19-12-. The zero-order valence-electron chi connectivity index (χ0n) is 15.6. The molecule has 1 saturated heterocycles. The molecule has 1 N–H and O–H groups in total. The maximum atomic E-state index is 12.9. The number of benzene rings is 3. The quantitative estimate of drug-likeness (QED) is 0.404. The van der Waals surface area contributed by atoms with Gasteiger partial charge in [-0.2, -0.15) is 0 Å². The molecule has 0 bridgehead atoms. The first kappa shape index (κ1) is 20.2. The Bertz CT molecular complexity index is 1130. The number of carbonyl (C=O) groups is 2. The summed E-state index contributed by atoms with van der Waals surface area (Å²) in [4.78, 5) is 25.4. The number of hydrazine groups is 1. The van der Waals surface area contributed by atoms with Crippen molar-refractivity contribution in [2.75, 3.05) is 5.01 Å². The van der Waals surface area contributed by atoms with Crippen LogP contribution in [0, 0.1) is 0 Å². The molecule has 0 aromatic heterocycles. The predicted octanol–water partition coefficient (Wildman–Crippen LogP) is 5.14. The molecule has 5 nitrogen and oxygen atoms in total. The van der Waals surface area contributed by atoms with E-state index in [-0.39, 0.29) is 5.57 Å². The number of halogens is 2. The van der Waals surface area contributed by atoms with Gasteiger partial charge in [-0.25, -0.2) is 5.01 Å². The van der Waals surface area contributed by atoms with Crippen LogP contribution in [0.3, 0.4) is 0 Å². The molecule has 1 aliphatic heterocycles. The molecule has 0 spiro atoms. The van der Waals surface area contributed by atoms with E-state index in [0.717, 1.165) is 5.56 Å². The van der Waals surface area contributed by atoms with Gasteiger partial charge in [0.15, 0.2) is 0 Å². The third-order valence-corrected chi connectivity index (χ3v) is 5.28. The zero-order chi connectivity index (χ0) is 21.1. The SMILES string of the molecule is O=C1NN(c2ccccc2)C(=O)/C1=C\c1cc(Cl)cc(Br)c1OCc1ccccc1. The fourth-order valence-electron chi connectivity index (χ4n) is 3.04. The first-order valence-corrected chi connectivity index (χ1v) is 10.3. The lowest BCUT2D eigenvalue weighted by Gasteiger charge is -2.14. The van der Waals surface area contributed by atoms with Crippen molar-refractivity contribution in [2.24, 2.45) is 0 Å². The number of anilines is 1. The van der Waals surface area contributed by atoms with E-state index in [0.29, 0.717) is 33.1 Å². The monoisotopic (exact) mass is 482 g/mol. The lowest BCUT2D eigenvalue weighted by Crippen LogP contribution is -2.35. The summed E-state index contributed by atoms with van der Waals surface area (Å²) in [6.45, 7) is 0.327. The third-order valence-electron chi connectivity index (χ3n) is 4.47. The number of hydrogen-bond donors (Lipinski definition) is 1. The van der Waals surface area contributed by atoms with Crippen LogP contribution in [0.1, 0.15) is 11.1 Å². The second-order valence-corrected chi connectivity index (χ2v) is 7.85. The molecule has 0 saturated carbocycles. The van der Waals surface area contributed by atoms with E-state index in [1.165, 1.54) is 11.1 Å². The molecule has 1 fully saturated rings. The summed E-state index contributed by atoms with van der Waals surface area (Å²) in [5, 5.41) is 1.67. The first-order valence-electron chi connectivity index (χ1n) is 9.11. The van der Waals surface area contributed by atoms with Crippen molar-refractivity contribution in [3.8, 4) is 5.75 Å². The number of para-hydroxylation sites is 1. The minimum atomic E-state index is -0.492. The number of ether oxygens (including phenoxy) is 1. The average Bonchev–Trinajstić information content (AvgIpc) is 3.03. The van der Waals surface area contributed by atoms with Gasteiger partial charge in [-0.15, -0.1) is 0 Å². The molecule has 0 unspecified atom stereocenters. The Kier molecular flexibility index (Phi) is 5.88. The summed E-state index contributed by atoms with van der Waals surface area (Å²) in [6.07, 6.45) is 1.50. The normalized spacial score (nSPS) is 14.9. The van der Waals surface area contributed by atoms with Gasteiger partial charge in [0.05, 0.1) is 10.2 Å². The summed E-state index contributed by atoms with van der Waals surface area (Å²) < 4.78 is 6.62. The summed E-state index contributed by atoms with van der Waals surface area (Å²) >= 11 is 9.68. The summed E-state index contributed by atoms with van der Waals surface area (Å²) in [6, 6.07) is 22.0. The van der Waals surface area contributed by atoms with E-state index in [2.05, 4.69) is 21.4 Å². The van der Waals surface area contributed by atoms with Crippen molar-refractivity contribution in [1.82, 2.24) is 5.43 Å². The number of rotatable bonds is 5. The molecule has 0 atom stereocenters. The highest BCUT2D eigenvalue weighted by atomic mass is 79.9. The number of hydrogen-bond acceptors (Lipinski definition) is 3. The molecule has 3 aromatic rings. The fourth-order valence-corrected chi connectivity index (χ4v) is 3.99. The number of amides is 2. The number of nitrogens with zero attached hydrogens (tertiary/aromatic N) is 1. The number of carbonyl (C=O) groups excluding carboxylic acids is 2. The molecule has 2 amide bonds. The largest absolute Gasteiger partial charge is 0.487 e.